The van der Waals surface area contributed by atoms with Crippen molar-refractivity contribution in [3.05, 3.63) is 48.2 Å². The van der Waals surface area contributed by atoms with Gasteiger partial charge in [0.2, 0.25) is 0 Å². The van der Waals surface area contributed by atoms with Crippen LogP contribution in [0.3, 0.4) is 0 Å². The van der Waals surface area contributed by atoms with Crippen molar-refractivity contribution in [3.8, 4) is 11.3 Å². The predicted molar refractivity (Wildman–Crippen MR) is 103 cm³/mol. The van der Waals surface area contributed by atoms with E-state index in [4.69, 9.17) is 10.8 Å². The van der Waals surface area contributed by atoms with Gasteiger partial charge in [0.15, 0.2) is 0 Å². The summed E-state index contributed by atoms with van der Waals surface area (Å²) in [6.45, 7) is 3.58. The largest absolute Gasteiger partial charge is 0.394 e. The molecular formula is C19H21N5O2. The number of fused-ring (bicyclic) bond motifs is 1. The zero-order chi connectivity index (χ0) is 18.7. The maximum Gasteiger partial charge on any atom is 0.320 e. The number of amides is 2. The Balaban J connectivity index is 1.95. The molecule has 1 unspecified atom stereocenters. The molecule has 3 aromatic rings. The summed E-state index contributed by atoms with van der Waals surface area (Å²) in [5.41, 5.74) is 8.97. The SMILES string of the molecule is Cc1ccccc1-c1cc2cc(NC(=O)NC(C)CO)ncc2c(N)n1. The zero-order valence-corrected chi connectivity index (χ0v) is 14.7. The molecule has 0 radical (unpaired) electrons. The Kier molecular flexibility index (Phi) is 4.99. The van der Waals surface area contributed by atoms with Crippen molar-refractivity contribution in [2.75, 3.05) is 17.7 Å². The van der Waals surface area contributed by atoms with Crippen LogP contribution in [-0.4, -0.2) is 33.8 Å². The molecule has 1 aromatic carbocycles. The van der Waals surface area contributed by atoms with Gasteiger partial charge in [-0.25, -0.2) is 14.8 Å². The lowest BCUT2D eigenvalue weighted by molar-refractivity contribution is 0.229. The molecule has 26 heavy (non-hydrogen) atoms. The van der Waals surface area contributed by atoms with Crippen molar-refractivity contribution in [2.24, 2.45) is 0 Å². The molecule has 0 fully saturated rings. The van der Waals surface area contributed by atoms with Crippen LogP contribution >= 0.6 is 0 Å². The molecule has 2 aromatic heterocycles. The molecule has 2 amide bonds. The van der Waals surface area contributed by atoms with Crippen molar-refractivity contribution >= 4 is 28.4 Å². The standard InChI is InChI=1S/C19H21N5O2/c1-11-5-3-4-6-14(11)16-7-13-8-17(21-9-15(13)18(20)23-16)24-19(26)22-12(2)10-25/h3-9,12,25H,10H2,1-2H3,(H2,20,23)(H2,21,22,24,26). The third-order valence-corrected chi connectivity index (χ3v) is 4.06. The molecule has 7 heteroatoms. The van der Waals surface area contributed by atoms with E-state index in [9.17, 15) is 4.79 Å². The van der Waals surface area contributed by atoms with Gasteiger partial charge in [-0.05, 0) is 36.9 Å². The van der Waals surface area contributed by atoms with Crippen molar-refractivity contribution in [2.45, 2.75) is 19.9 Å². The molecule has 0 aliphatic rings. The summed E-state index contributed by atoms with van der Waals surface area (Å²) in [4.78, 5) is 20.6. The van der Waals surface area contributed by atoms with E-state index in [0.29, 0.717) is 11.6 Å². The van der Waals surface area contributed by atoms with E-state index < -0.39 is 6.03 Å². The fraction of sp³-hybridized carbons (Fsp3) is 0.211. The van der Waals surface area contributed by atoms with Crippen LogP contribution < -0.4 is 16.4 Å². The van der Waals surface area contributed by atoms with E-state index >= 15 is 0 Å². The molecule has 0 saturated carbocycles. The fourth-order valence-corrected chi connectivity index (χ4v) is 2.66. The van der Waals surface area contributed by atoms with E-state index in [2.05, 4.69) is 20.6 Å². The van der Waals surface area contributed by atoms with Crippen LogP contribution in [0, 0.1) is 6.92 Å². The number of carbonyl (C=O) groups excluding carboxylic acids is 1. The summed E-state index contributed by atoms with van der Waals surface area (Å²) in [5.74, 6) is 0.777. The quantitative estimate of drug-likeness (QED) is 0.577. The topological polar surface area (TPSA) is 113 Å². The highest BCUT2D eigenvalue weighted by atomic mass is 16.3. The minimum Gasteiger partial charge on any atom is -0.394 e. The number of anilines is 2. The van der Waals surface area contributed by atoms with Gasteiger partial charge in [-0.2, -0.15) is 0 Å². The third kappa shape index (κ3) is 3.73. The zero-order valence-electron chi connectivity index (χ0n) is 14.7. The second-order valence-corrected chi connectivity index (χ2v) is 6.18. The van der Waals surface area contributed by atoms with Gasteiger partial charge in [-0.1, -0.05) is 24.3 Å². The maximum absolute atomic E-state index is 11.9. The van der Waals surface area contributed by atoms with Crippen LogP contribution in [0.15, 0.2) is 42.6 Å². The molecule has 0 saturated heterocycles. The molecule has 5 N–H and O–H groups in total. The first-order valence-electron chi connectivity index (χ1n) is 8.28. The van der Waals surface area contributed by atoms with Crippen LogP contribution in [0.25, 0.3) is 22.0 Å². The molecule has 2 heterocycles. The van der Waals surface area contributed by atoms with Crippen molar-refractivity contribution in [1.29, 1.82) is 0 Å². The minimum absolute atomic E-state index is 0.138. The Bertz CT molecular complexity index is 958. The number of nitrogen functional groups attached to an aromatic ring is 1. The number of benzene rings is 1. The van der Waals surface area contributed by atoms with Gasteiger partial charge in [0, 0.05) is 17.1 Å². The number of urea groups is 1. The Labute approximate surface area is 151 Å². The smallest absolute Gasteiger partial charge is 0.320 e. The lowest BCUT2D eigenvalue weighted by Gasteiger charge is -2.12. The van der Waals surface area contributed by atoms with Crippen molar-refractivity contribution < 1.29 is 9.90 Å². The van der Waals surface area contributed by atoms with Crippen LogP contribution in [-0.2, 0) is 0 Å². The van der Waals surface area contributed by atoms with E-state index in [0.717, 1.165) is 27.6 Å². The van der Waals surface area contributed by atoms with Crippen LogP contribution in [0.5, 0.6) is 0 Å². The second-order valence-electron chi connectivity index (χ2n) is 6.18. The monoisotopic (exact) mass is 351 g/mol. The number of nitrogens with two attached hydrogens (primary N) is 1. The van der Waals surface area contributed by atoms with Gasteiger partial charge in [0.05, 0.1) is 18.3 Å². The van der Waals surface area contributed by atoms with Gasteiger partial charge in [0.25, 0.3) is 0 Å². The molecular weight excluding hydrogens is 330 g/mol. The number of aliphatic hydroxyl groups excluding tert-OH is 1. The minimum atomic E-state index is -0.431. The Morgan fingerprint density at radius 1 is 1.31 bits per heavy atom. The molecule has 134 valence electrons. The van der Waals surface area contributed by atoms with E-state index in [1.54, 1.807) is 19.2 Å². The number of carbonyl (C=O) groups is 1. The number of rotatable bonds is 4. The van der Waals surface area contributed by atoms with E-state index in [-0.39, 0.29) is 12.6 Å². The van der Waals surface area contributed by atoms with Crippen LogP contribution in [0.2, 0.25) is 0 Å². The van der Waals surface area contributed by atoms with Gasteiger partial charge in [0.1, 0.15) is 11.6 Å². The summed E-state index contributed by atoms with van der Waals surface area (Å²) in [6, 6.07) is 10.8. The number of pyridine rings is 2. The van der Waals surface area contributed by atoms with Gasteiger partial charge >= 0.3 is 6.03 Å². The molecule has 0 spiro atoms. The summed E-state index contributed by atoms with van der Waals surface area (Å²) >= 11 is 0. The number of nitrogens with zero attached hydrogens (tertiary/aromatic N) is 2. The fourth-order valence-electron chi connectivity index (χ4n) is 2.66. The van der Waals surface area contributed by atoms with Gasteiger partial charge < -0.3 is 16.2 Å². The van der Waals surface area contributed by atoms with E-state index in [1.165, 1.54) is 0 Å². The first-order valence-corrected chi connectivity index (χ1v) is 8.28. The highest BCUT2D eigenvalue weighted by Gasteiger charge is 2.11. The summed E-state index contributed by atoms with van der Waals surface area (Å²) < 4.78 is 0. The van der Waals surface area contributed by atoms with Crippen molar-refractivity contribution in [3.63, 3.8) is 0 Å². The molecule has 0 aliphatic carbocycles. The number of hydrogen-bond donors (Lipinski definition) is 4. The number of hydrogen-bond acceptors (Lipinski definition) is 5. The molecule has 1 atom stereocenters. The highest BCUT2D eigenvalue weighted by molar-refractivity contribution is 5.97. The summed E-state index contributed by atoms with van der Waals surface area (Å²) in [5, 5.41) is 15.8. The summed E-state index contributed by atoms with van der Waals surface area (Å²) in [7, 11) is 0. The van der Waals surface area contributed by atoms with Crippen LogP contribution in [0.1, 0.15) is 12.5 Å². The molecule has 0 aliphatic heterocycles. The predicted octanol–water partition coefficient (Wildman–Crippen LogP) is 2.69. The van der Waals surface area contributed by atoms with E-state index in [1.807, 2.05) is 37.3 Å². The average Bonchev–Trinajstić information content (AvgIpc) is 2.61. The van der Waals surface area contributed by atoms with Gasteiger partial charge in [-0.3, -0.25) is 5.32 Å². The Hall–Kier alpha value is -3.19. The molecule has 0 bridgehead atoms. The highest BCUT2D eigenvalue weighted by Crippen LogP contribution is 2.28. The molecule has 3 rings (SSSR count). The second kappa shape index (κ2) is 7.37. The Morgan fingerprint density at radius 2 is 2.08 bits per heavy atom. The van der Waals surface area contributed by atoms with Crippen molar-refractivity contribution in [1.82, 2.24) is 15.3 Å². The third-order valence-electron chi connectivity index (χ3n) is 4.06. The first kappa shape index (κ1) is 17.6. The van der Waals surface area contributed by atoms with Gasteiger partial charge in [-0.15, -0.1) is 0 Å². The number of aromatic nitrogens is 2. The first-order chi connectivity index (χ1) is 12.5. The lowest BCUT2D eigenvalue weighted by atomic mass is 10.0. The Morgan fingerprint density at radius 3 is 2.81 bits per heavy atom. The lowest BCUT2D eigenvalue weighted by Crippen LogP contribution is -2.38. The average molecular weight is 351 g/mol. The maximum atomic E-state index is 11.9. The number of aliphatic hydroxyl groups is 1. The molecule has 7 nitrogen and oxygen atoms in total. The normalized spacial score (nSPS) is 12.0. The number of nitrogens with one attached hydrogen (secondary N) is 2. The summed E-state index contributed by atoms with van der Waals surface area (Å²) in [6.07, 6.45) is 1.59. The van der Waals surface area contributed by atoms with Crippen LogP contribution in [0.4, 0.5) is 16.4 Å². The number of aryl methyl sites for hydroxylation is 1.